The van der Waals surface area contributed by atoms with Crippen LogP contribution in [0.15, 0.2) is 28.2 Å². The van der Waals surface area contributed by atoms with E-state index in [1.807, 2.05) is 0 Å². The monoisotopic (exact) mass is 302 g/mol. The minimum absolute atomic E-state index is 0.123. The van der Waals surface area contributed by atoms with Crippen LogP contribution in [-0.4, -0.2) is 25.3 Å². The van der Waals surface area contributed by atoms with Crippen LogP contribution < -0.4 is 5.56 Å². The second kappa shape index (κ2) is 4.90. The number of para-hydroxylation sites is 1. The summed E-state index contributed by atoms with van der Waals surface area (Å²) >= 11 is 0.179. The molecule has 0 saturated carbocycles. The molecule has 5 nitrogen and oxygen atoms in total. The lowest BCUT2D eigenvalue weighted by Crippen LogP contribution is -2.23. The van der Waals surface area contributed by atoms with Crippen LogP contribution in [0.3, 0.4) is 0 Å². The average Bonchev–Trinajstić information content (AvgIpc) is 2.95. The van der Waals surface area contributed by atoms with E-state index in [2.05, 4.69) is 10.2 Å². The number of nitrogens with zero attached hydrogens (tertiary/aromatic N) is 4. The molecule has 0 bridgehead atoms. The molecule has 7 heteroatoms. The van der Waals surface area contributed by atoms with Crippen molar-refractivity contribution in [3.8, 4) is 0 Å². The van der Waals surface area contributed by atoms with Crippen molar-refractivity contribution in [1.29, 1.82) is 0 Å². The maximum absolute atomic E-state index is 14.6. The molecule has 20 heavy (non-hydrogen) atoms. The molecule has 3 aromatic rings. The van der Waals surface area contributed by atoms with Gasteiger partial charge in [-0.2, -0.15) is 0 Å². The van der Waals surface area contributed by atoms with Crippen molar-refractivity contribution in [2.75, 3.05) is 6.18 Å². The summed E-state index contributed by atoms with van der Waals surface area (Å²) in [5, 5.41) is 6.29. The van der Waals surface area contributed by atoms with E-state index in [4.69, 9.17) is 13.7 Å². The normalized spacial score (nSPS) is 21.6. The Morgan fingerprint density at radius 1 is 1.50 bits per heavy atom. The lowest BCUT2D eigenvalue weighted by atomic mass is 10.2. The molecule has 2 aromatic heterocycles. The van der Waals surface area contributed by atoms with Gasteiger partial charge in [0.1, 0.15) is 5.82 Å². The Labute approximate surface area is 132 Å². The molecule has 0 N–H and O–H groups in total. The van der Waals surface area contributed by atoms with Crippen molar-refractivity contribution >= 4 is 28.4 Å². The summed E-state index contributed by atoms with van der Waals surface area (Å²) in [5.74, 6) is -1.71. The number of thioether (sulfide) groups is 1. The van der Waals surface area contributed by atoms with Crippen LogP contribution in [0.1, 0.15) is 26.9 Å². The van der Waals surface area contributed by atoms with Crippen LogP contribution in [0.2, 0.25) is 0 Å². The Bertz CT molecular complexity index is 1200. The van der Waals surface area contributed by atoms with E-state index in [-0.39, 0.29) is 16.3 Å². The van der Waals surface area contributed by atoms with Crippen molar-refractivity contribution in [2.24, 2.45) is 0 Å². The minimum Gasteiger partial charge on any atom is -0.276 e. The van der Waals surface area contributed by atoms with Gasteiger partial charge in [-0.3, -0.25) is 13.8 Å². The highest BCUT2D eigenvalue weighted by atomic mass is 32.2. The summed E-state index contributed by atoms with van der Waals surface area (Å²) in [6.07, 6.45) is -6.23. The zero-order chi connectivity index (χ0) is 22.9. The van der Waals surface area contributed by atoms with E-state index in [1.165, 1.54) is 0 Å². The molecule has 1 aromatic carbocycles. The maximum Gasteiger partial charge on any atom is 0.262 e. The van der Waals surface area contributed by atoms with E-state index in [1.54, 1.807) is 0 Å². The molecule has 0 unspecified atom stereocenters. The molecule has 2 heterocycles. The zero-order valence-electron chi connectivity index (χ0n) is 19.7. The highest BCUT2D eigenvalue weighted by Crippen LogP contribution is 2.21. The molecule has 104 valence electrons. The van der Waals surface area contributed by atoms with Gasteiger partial charge in [0.25, 0.3) is 5.56 Å². The number of aromatic nitrogens is 4. The van der Waals surface area contributed by atoms with Crippen molar-refractivity contribution in [1.82, 2.24) is 19.2 Å². The molecule has 0 atom stereocenters. The highest BCUT2D eigenvalue weighted by Gasteiger charge is 2.17. The Kier molecular flexibility index (Phi) is 1.43. The largest absolute Gasteiger partial charge is 0.276 e. The van der Waals surface area contributed by atoms with Crippen LogP contribution in [-0.2, 0) is 6.50 Å². The molecule has 3 rings (SSSR count). The smallest absolute Gasteiger partial charge is 0.262 e. The first-order valence-electron chi connectivity index (χ1n) is 10.3. The third kappa shape index (κ3) is 1.73. The van der Waals surface area contributed by atoms with Gasteiger partial charge in [-0.1, -0.05) is 24.7 Å². The number of rotatable bonds is 3. The quantitative estimate of drug-likeness (QED) is 0.697. The first kappa shape index (κ1) is 5.85. The standard InChI is InChI=1S/C13H13FN4OS/c1-3-7-17-11(19)8-5-4-6-9(14)10(8)18-12(17)15-16-13(18)20-2/h4-6H,3,7H2,1-2H3/i1D3,2D3,3D2,7D2. The van der Waals surface area contributed by atoms with Crippen LogP contribution in [0.5, 0.6) is 0 Å². The first-order chi connectivity index (χ1) is 13.5. The van der Waals surface area contributed by atoms with Crippen molar-refractivity contribution < 1.29 is 18.1 Å². The van der Waals surface area contributed by atoms with Crippen LogP contribution in [0.25, 0.3) is 16.7 Å². The van der Waals surface area contributed by atoms with Crippen LogP contribution in [0.4, 0.5) is 4.39 Å². The highest BCUT2D eigenvalue weighted by molar-refractivity contribution is 7.98. The van der Waals surface area contributed by atoms with Crippen molar-refractivity contribution in [3.63, 3.8) is 0 Å². The average molecular weight is 302 g/mol. The van der Waals surface area contributed by atoms with Gasteiger partial charge in [-0.15, -0.1) is 10.2 Å². The second-order valence-corrected chi connectivity index (χ2v) is 4.30. The van der Waals surface area contributed by atoms with Gasteiger partial charge < -0.3 is 0 Å². The van der Waals surface area contributed by atoms with Crippen LogP contribution >= 0.6 is 11.8 Å². The third-order valence-corrected chi connectivity index (χ3v) is 3.17. The molecule has 0 aliphatic carbocycles. The minimum atomic E-state index is -3.57. The molecular formula is C13H13FN4OS. The summed E-state index contributed by atoms with van der Waals surface area (Å²) in [4.78, 5) is 13.0. The van der Waals surface area contributed by atoms with Gasteiger partial charge in [0.05, 0.1) is 10.9 Å². The summed E-state index contributed by atoms with van der Waals surface area (Å²) in [6.45, 7) is -6.98. The predicted octanol–water partition coefficient (Wildman–Crippen LogP) is 2.32. The van der Waals surface area contributed by atoms with E-state index in [9.17, 15) is 9.18 Å². The Morgan fingerprint density at radius 3 is 3.20 bits per heavy atom. The number of benzene rings is 1. The lowest BCUT2D eigenvalue weighted by molar-refractivity contribution is 0.626. The van der Waals surface area contributed by atoms with E-state index in [0.29, 0.717) is 0 Å². The van der Waals surface area contributed by atoms with E-state index in [0.717, 1.165) is 22.6 Å². The van der Waals surface area contributed by atoms with E-state index >= 15 is 0 Å². The first-order valence-corrected chi connectivity index (χ1v) is 6.10. The van der Waals surface area contributed by atoms with Gasteiger partial charge in [0.2, 0.25) is 5.78 Å². The number of fused-ring (bicyclic) bond motifs is 3. The molecule has 0 amide bonds. The molecule has 0 radical (unpaired) electrons. The van der Waals surface area contributed by atoms with Gasteiger partial charge in [-0.05, 0) is 24.7 Å². The summed E-state index contributed by atoms with van der Waals surface area (Å²) in [5.41, 5.74) is -1.70. The fourth-order valence-corrected chi connectivity index (χ4v) is 2.30. The van der Waals surface area contributed by atoms with Crippen LogP contribution in [0, 0.1) is 5.82 Å². The summed E-state index contributed by atoms with van der Waals surface area (Å²) in [7, 11) is 0. The lowest BCUT2D eigenvalue weighted by Gasteiger charge is -2.10. The fourth-order valence-electron chi connectivity index (χ4n) is 1.95. The van der Waals surface area contributed by atoms with Gasteiger partial charge >= 0.3 is 0 Å². The molecule has 0 aliphatic rings. The Balaban J connectivity index is 2.53. The Morgan fingerprint density at radius 2 is 2.40 bits per heavy atom. The molecule has 0 saturated heterocycles. The topological polar surface area (TPSA) is 52.2 Å². The number of hydrogen-bond donors (Lipinski definition) is 0. The number of halogens is 1. The number of hydrogen-bond acceptors (Lipinski definition) is 4. The Hall–Kier alpha value is -1.89. The fraction of sp³-hybridized carbons (Fsp3) is 0.308. The second-order valence-electron chi connectivity index (χ2n) is 3.73. The molecule has 0 spiro atoms. The molecule has 0 fully saturated rings. The van der Waals surface area contributed by atoms with Gasteiger partial charge in [-0.25, -0.2) is 4.39 Å². The van der Waals surface area contributed by atoms with Crippen molar-refractivity contribution in [3.05, 3.63) is 34.4 Å². The summed E-state index contributed by atoms with van der Waals surface area (Å²) in [6, 6.07) is 3.23. The maximum atomic E-state index is 14.6. The molecule has 0 aliphatic heterocycles. The van der Waals surface area contributed by atoms with E-state index < -0.39 is 59.1 Å². The predicted molar refractivity (Wildman–Crippen MR) is 76.8 cm³/mol. The molecular weight excluding hydrogens is 279 g/mol. The summed E-state index contributed by atoms with van der Waals surface area (Å²) < 4.78 is 91.7. The third-order valence-electron chi connectivity index (χ3n) is 2.72. The number of aryl methyl sites for hydroxylation is 1. The zero-order valence-corrected chi connectivity index (χ0v) is 10.5. The SMILES string of the molecule is [2H]C([2H])([2H])Sc1nnc2n(C([2H])([2H])C([2H])([2H])C([2H])([2H])[2H])c(=O)c3cccc(F)c3n12. The van der Waals surface area contributed by atoms with Gasteiger partial charge in [0, 0.05) is 20.2 Å². The van der Waals surface area contributed by atoms with Crippen molar-refractivity contribution in [2.45, 2.75) is 24.9 Å². The van der Waals surface area contributed by atoms with Gasteiger partial charge in [0.15, 0.2) is 5.16 Å².